The van der Waals surface area contributed by atoms with Gasteiger partial charge in [-0.3, -0.25) is 0 Å². The monoisotopic (exact) mass is 295 g/mol. The van der Waals surface area contributed by atoms with Crippen molar-refractivity contribution in [1.82, 2.24) is 10.1 Å². The number of ether oxygens (including phenoxy) is 1. The van der Waals surface area contributed by atoms with Crippen LogP contribution in [0.15, 0.2) is 4.52 Å². The fraction of sp³-hybridized carbons (Fsp3) is 0.875. The van der Waals surface area contributed by atoms with Crippen LogP contribution in [0.25, 0.3) is 0 Å². The molecule has 0 saturated heterocycles. The summed E-state index contributed by atoms with van der Waals surface area (Å²) in [6.07, 6.45) is 8.88. The van der Waals surface area contributed by atoms with Gasteiger partial charge < -0.3 is 15.0 Å². The van der Waals surface area contributed by atoms with Gasteiger partial charge in [0.15, 0.2) is 5.82 Å². The van der Waals surface area contributed by atoms with Crippen LogP contribution in [-0.4, -0.2) is 23.9 Å². The van der Waals surface area contributed by atoms with Crippen molar-refractivity contribution in [2.45, 2.75) is 70.3 Å². The van der Waals surface area contributed by atoms with E-state index in [0.717, 1.165) is 24.7 Å². The average Bonchev–Trinajstić information content (AvgIpc) is 2.96. The summed E-state index contributed by atoms with van der Waals surface area (Å²) in [6, 6.07) is 0. The molecular formula is C16H29N3O2. The minimum atomic E-state index is -0.686. The van der Waals surface area contributed by atoms with Crippen LogP contribution in [0.5, 0.6) is 0 Å². The molecule has 1 unspecified atom stereocenters. The fourth-order valence-corrected chi connectivity index (χ4v) is 3.19. The smallest absolute Gasteiger partial charge is 0.229 e. The third-order valence-electron chi connectivity index (χ3n) is 4.56. The Balaban J connectivity index is 1.91. The maximum atomic E-state index is 6.16. The molecule has 5 nitrogen and oxygen atoms in total. The first kappa shape index (κ1) is 16.4. The van der Waals surface area contributed by atoms with Crippen LogP contribution in [0.1, 0.15) is 76.4 Å². The highest BCUT2D eigenvalue weighted by atomic mass is 16.5. The van der Waals surface area contributed by atoms with Gasteiger partial charge in [0.1, 0.15) is 5.54 Å². The summed E-state index contributed by atoms with van der Waals surface area (Å²) in [6.45, 7) is 4.51. The van der Waals surface area contributed by atoms with Gasteiger partial charge in [-0.2, -0.15) is 4.98 Å². The molecule has 1 aromatic heterocycles. The molecular weight excluding hydrogens is 266 g/mol. The van der Waals surface area contributed by atoms with Gasteiger partial charge in [-0.1, -0.05) is 31.3 Å². The standard InChI is InChI=1S/C16H29N3O2/c1-4-5-6-12-7-9-13(10-8-12)14-18-15(19-21-14)16(2,17)11-20-3/h12-13H,4-11,17H2,1-3H3. The van der Waals surface area contributed by atoms with Gasteiger partial charge in [0.25, 0.3) is 0 Å². The summed E-state index contributed by atoms with van der Waals surface area (Å²) < 4.78 is 10.6. The van der Waals surface area contributed by atoms with E-state index >= 15 is 0 Å². The number of hydrogen-bond acceptors (Lipinski definition) is 5. The highest BCUT2D eigenvalue weighted by Crippen LogP contribution is 2.37. The van der Waals surface area contributed by atoms with E-state index < -0.39 is 5.54 Å². The topological polar surface area (TPSA) is 74.2 Å². The SMILES string of the molecule is CCCCC1CCC(c2nc(C(C)(N)COC)no2)CC1. The van der Waals surface area contributed by atoms with Crippen molar-refractivity contribution >= 4 is 0 Å². The first-order valence-corrected chi connectivity index (χ1v) is 8.18. The number of rotatable bonds is 7. The highest BCUT2D eigenvalue weighted by Gasteiger charge is 2.31. The lowest BCUT2D eigenvalue weighted by Gasteiger charge is -2.26. The molecule has 21 heavy (non-hydrogen) atoms. The maximum Gasteiger partial charge on any atom is 0.229 e. The molecule has 0 aliphatic heterocycles. The van der Waals surface area contributed by atoms with E-state index in [0.29, 0.717) is 18.3 Å². The highest BCUT2D eigenvalue weighted by molar-refractivity contribution is 5.04. The van der Waals surface area contributed by atoms with Crippen molar-refractivity contribution in [3.05, 3.63) is 11.7 Å². The van der Waals surface area contributed by atoms with E-state index in [1.165, 1.54) is 32.1 Å². The van der Waals surface area contributed by atoms with E-state index in [1.807, 2.05) is 6.92 Å². The fourth-order valence-electron chi connectivity index (χ4n) is 3.19. The lowest BCUT2D eigenvalue weighted by molar-refractivity contribution is 0.135. The average molecular weight is 295 g/mol. The Morgan fingerprint density at radius 1 is 1.33 bits per heavy atom. The molecule has 120 valence electrons. The van der Waals surface area contributed by atoms with Crippen LogP contribution >= 0.6 is 0 Å². The Kier molecular flexibility index (Phi) is 5.76. The van der Waals surface area contributed by atoms with Crippen LogP contribution in [0.2, 0.25) is 0 Å². The van der Waals surface area contributed by atoms with Crippen LogP contribution in [0.3, 0.4) is 0 Å². The number of nitrogens with two attached hydrogens (primary N) is 1. The Bertz CT molecular complexity index is 423. The van der Waals surface area contributed by atoms with Crippen molar-refractivity contribution < 1.29 is 9.26 Å². The molecule has 0 radical (unpaired) electrons. The van der Waals surface area contributed by atoms with E-state index in [2.05, 4.69) is 17.1 Å². The Morgan fingerprint density at radius 2 is 2.05 bits per heavy atom. The molecule has 2 rings (SSSR count). The Labute approximate surface area is 127 Å². The van der Waals surface area contributed by atoms with E-state index in [4.69, 9.17) is 15.0 Å². The van der Waals surface area contributed by atoms with Crippen LogP contribution in [0, 0.1) is 5.92 Å². The summed E-state index contributed by atoms with van der Waals surface area (Å²) in [4.78, 5) is 4.53. The summed E-state index contributed by atoms with van der Waals surface area (Å²) in [5, 5.41) is 4.06. The zero-order chi connectivity index (χ0) is 15.3. The zero-order valence-electron chi connectivity index (χ0n) is 13.6. The van der Waals surface area contributed by atoms with E-state index in [9.17, 15) is 0 Å². The molecule has 1 aliphatic rings. The van der Waals surface area contributed by atoms with Crippen molar-refractivity contribution in [1.29, 1.82) is 0 Å². The lowest BCUT2D eigenvalue weighted by atomic mass is 9.80. The predicted octanol–water partition coefficient (Wildman–Crippen LogP) is 3.35. The number of unbranched alkanes of at least 4 members (excludes halogenated alkanes) is 1. The van der Waals surface area contributed by atoms with Crippen LogP contribution < -0.4 is 5.73 Å². The van der Waals surface area contributed by atoms with Crippen LogP contribution in [-0.2, 0) is 10.3 Å². The molecule has 2 N–H and O–H groups in total. The molecule has 5 heteroatoms. The summed E-state index contributed by atoms with van der Waals surface area (Å²) in [7, 11) is 1.63. The summed E-state index contributed by atoms with van der Waals surface area (Å²) >= 11 is 0. The van der Waals surface area contributed by atoms with Gasteiger partial charge in [-0.05, 0) is 38.5 Å². The quantitative estimate of drug-likeness (QED) is 0.835. The second-order valence-electron chi connectivity index (χ2n) is 6.67. The van der Waals surface area contributed by atoms with Crippen LogP contribution in [0.4, 0.5) is 0 Å². The van der Waals surface area contributed by atoms with Crippen molar-refractivity contribution in [2.24, 2.45) is 11.7 Å². The largest absolute Gasteiger partial charge is 0.382 e. The van der Waals surface area contributed by atoms with Gasteiger partial charge in [-0.15, -0.1) is 0 Å². The minimum absolute atomic E-state index is 0.385. The maximum absolute atomic E-state index is 6.16. The van der Waals surface area contributed by atoms with Crippen molar-refractivity contribution in [2.75, 3.05) is 13.7 Å². The molecule has 1 aromatic rings. The molecule has 0 spiro atoms. The van der Waals surface area contributed by atoms with Crippen molar-refractivity contribution in [3.63, 3.8) is 0 Å². The number of hydrogen-bond donors (Lipinski definition) is 1. The first-order chi connectivity index (χ1) is 10.1. The van der Waals surface area contributed by atoms with Gasteiger partial charge in [-0.25, -0.2) is 0 Å². The molecule has 0 bridgehead atoms. The molecule has 1 heterocycles. The van der Waals surface area contributed by atoms with Gasteiger partial charge in [0.05, 0.1) is 6.61 Å². The molecule has 0 amide bonds. The third kappa shape index (κ3) is 4.27. The minimum Gasteiger partial charge on any atom is -0.382 e. The molecule has 0 aromatic carbocycles. The van der Waals surface area contributed by atoms with E-state index in [-0.39, 0.29) is 0 Å². The van der Waals surface area contributed by atoms with E-state index in [1.54, 1.807) is 7.11 Å². The molecule has 1 aliphatic carbocycles. The predicted molar refractivity (Wildman–Crippen MR) is 81.9 cm³/mol. The molecule has 1 saturated carbocycles. The number of aromatic nitrogens is 2. The Hall–Kier alpha value is -0.940. The second kappa shape index (κ2) is 7.36. The third-order valence-corrected chi connectivity index (χ3v) is 4.56. The number of methoxy groups -OCH3 is 1. The summed E-state index contributed by atoms with van der Waals surface area (Å²) in [5.74, 6) is 2.60. The summed E-state index contributed by atoms with van der Waals surface area (Å²) in [5.41, 5.74) is 5.47. The first-order valence-electron chi connectivity index (χ1n) is 8.18. The Morgan fingerprint density at radius 3 is 2.67 bits per heavy atom. The normalized spacial score (nSPS) is 25.7. The number of nitrogens with zero attached hydrogens (tertiary/aromatic N) is 2. The van der Waals surface area contributed by atoms with Crippen molar-refractivity contribution in [3.8, 4) is 0 Å². The van der Waals surface area contributed by atoms with Gasteiger partial charge >= 0.3 is 0 Å². The zero-order valence-corrected chi connectivity index (χ0v) is 13.6. The molecule has 1 atom stereocenters. The molecule has 1 fully saturated rings. The second-order valence-corrected chi connectivity index (χ2v) is 6.67. The lowest BCUT2D eigenvalue weighted by Crippen LogP contribution is -2.39. The van der Waals surface area contributed by atoms with Gasteiger partial charge in [0, 0.05) is 13.0 Å². The van der Waals surface area contributed by atoms with Gasteiger partial charge in [0.2, 0.25) is 5.89 Å².